The molecule has 1 N–H and O–H groups in total. The van der Waals surface area contributed by atoms with Crippen LogP contribution in [0.5, 0.6) is 0 Å². The molecule has 1 aromatic carbocycles. The van der Waals surface area contributed by atoms with Crippen LogP contribution < -0.4 is 4.90 Å². The molecule has 1 aliphatic rings. The molecule has 6 heteroatoms. The van der Waals surface area contributed by atoms with Crippen LogP contribution in [-0.4, -0.2) is 27.6 Å². The molecule has 3 aromatic rings. The Morgan fingerprint density at radius 3 is 2.69 bits per heavy atom. The summed E-state index contributed by atoms with van der Waals surface area (Å²) in [6.45, 7) is 7.68. The van der Waals surface area contributed by atoms with Gasteiger partial charge in [0, 0.05) is 36.5 Å². The third-order valence-corrected chi connectivity index (χ3v) is 4.70. The van der Waals surface area contributed by atoms with Crippen LogP contribution in [0.1, 0.15) is 12.0 Å². The van der Waals surface area contributed by atoms with Crippen molar-refractivity contribution in [1.29, 1.82) is 0 Å². The van der Waals surface area contributed by atoms with Gasteiger partial charge in [-0.25, -0.2) is 4.85 Å². The minimum absolute atomic E-state index is 0.0464. The summed E-state index contributed by atoms with van der Waals surface area (Å²) in [6, 6.07) is 13.2. The Labute approximate surface area is 151 Å². The number of aromatic amines is 1. The maximum absolute atomic E-state index is 12.8. The van der Waals surface area contributed by atoms with Crippen molar-refractivity contribution in [2.45, 2.75) is 12.8 Å². The quantitative estimate of drug-likeness (QED) is 0.736. The summed E-state index contributed by atoms with van der Waals surface area (Å²) in [5, 5.41) is 7.31. The maximum atomic E-state index is 12.8. The predicted octanol–water partition coefficient (Wildman–Crippen LogP) is 3.62. The second kappa shape index (κ2) is 6.81. The van der Waals surface area contributed by atoms with Crippen molar-refractivity contribution in [2.24, 2.45) is 5.92 Å². The van der Waals surface area contributed by atoms with Crippen molar-refractivity contribution in [3.63, 3.8) is 0 Å². The number of rotatable bonds is 4. The van der Waals surface area contributed by atoms with E-state index in [0.717, 1.165) is 23.2 Å². The zero-order valence-electron chi connectivity index (χ0n) is 14.1. The second-order valence-corrected chi connectivity index (χ2v) is 6.33. The molecule has 128 valence electrons. The van der Waals surface area contributed by atoms with Gasteiger partial charge in [-0.05, 0) is 30.5 Å². The number of nitrogens with zero attached hydrogens (tertiary/aromatic N) is 4. The van der Waals surface area contributed by atoms with E-state index in [1.165, 1.54) is 0 Å². The van der Waals surface area contributed by atoms with Crippen LogP contribution in [0.25, 0.3) is 16.1 Å². The fourth-order valence-corrected chi connectivity index (χ4v) is 3.28. The molecule has 26 heavy (non-hydrogen) atoms. The molecule has 3 heterocycles. The number of hydrogen-bond acceptors (Lipinski definition) is 3. The average molecular weight is 343 g/mol. The predicted molar refractivity (Wildman–Crippen MR) is 98.7 cm³/mol. The molecule has 0 aliphatic carbocycles. The van der Waals surface area contributed by atoms with Crippen LogP contribution in [0.15, 0.2) is 54.9 Å². The molecular formula is C20H17N5O. The normalized spacial score (nSPS) is 16.7. The number of carbonyl (C=O) groups is 1. The number of pyridine rings is 1. The molecule has 0 spiro atoms. The summed E-state index contributed by atoms with van der Waals surface area (Å²) in [6.07, 6.45) is 4.95. The Morgan fingerprint density at radius 1 is 1.19 bits per heavy atom. The first-order chi connectivity index (χ1) is 12.7. The molecule has 0 radical (unpaired) electrons. The lowest BCUT2D eigenvalue weighted by Crippen LogP contribution is -2.28. The number of nitrogens with one attached hydrogen (secondary N) is 1. The van der Waals surface area contributed by atoms with Crippen molar-refractivity contribution >= 4 is 17.4 Å². The number of carbonyl (C=O) groups excluding carboxylic acids is 1. The van der Waals surface area contributed by atoms with Gasteiger partial charge in [-0.1, -0.05) is 24.3 Å². The molecule has 1 unspecified atom stereocenters. The molecular weight excluding hydrogens is 326 g/mol. The van der Waals surface area contributed by atoms with Gasteiger partial charge in [0.2, 0.25) is 5.91 Å². The standard InChI is InChI=1S/C20H17N5O/c1-21-17-4-2-14(3-5-17)12-16-8-11-25(20(16)26)19-13-18(23-24-19)15-6-9-22-10-7-15/h2-7,9-10,13,16H,8,11-12H2,(H,23,24). The Balaban J connectivity index is 1.47. The average Bonchev–Trinajstić information content (AvgIpc) is 3.31. The van der Waals surface area contributed by atoms with Crippen molar-refractivity contribution in [2.75, 3.05) is 11.4 Å². The van der Waals surface area contributed by atoms with E-state index in [0.29, 0.717) is 24.5 Å². The number of benzene rings is 1. The summed E-state index contributed by atoms with van der Waals surface area (Å²) < 4.78 is 0. The number of hydrogen-bond donors (Lipinski definition) is 1. The number of anilines is 1. The molecule has 1 amide bonds. The van der Waals surface area contributed by atoms with Crippen LogP contribution in [-0.2, 0) is 11.2 Å². The molecule has 0 saturated carbocycles. The number of amides is 1. The highest BCUT2D eigenvalue weighted by Gasteiger charge is 2.33. The summed E-state index contributed by atoms with van der Waals surface area (Å²) in [4.78, 5) is 22.0. The monoisotopic (exact) mass is 343 g/mol. The van der Waals surface area contributed by atoms with E-state index in [1.807, 2.05) is 30.3 Å². The first kappa shape index (κ1) is 16.0. The highest BCUT2D eigenvalue weighted by molar-refractivity contribution is 5.96. The topological polar surface area (TPSA) is 66.2 Å². The molecule has 6 nitrogen and oxygen atoms in total. The molecule has 1 atom stereocenters. The lowest BCUT2D eigenvalue weighted by molar-refractivity contribution is -0.120. The van der Waals surface area contributed by atoms with E-state index in [4.69, 9.17) is 6.57 Å². The zero-order chi connectivity index (χ0) is 17.9. The Bertz CT molecular complexity index is 956. The largest absolute Gasteiger partial charge is 0.295 e. The van der Waals surface area contributed by atoms with E-state index in [1.54, 1.807) is 29.4 Å². The second-order valence-electron chi connectivity index (χ2n) is 6.33. The lowest BCUT2D eigenvalue weighted by Gasteiger charge is -2.13. The van der Waals surface area contributed by atoms with Crippen molar-refractivity contribution < 1.29 is 4.79 Å². The third-order valence-electron chi connectivity index (χ3n) is 4.70. The van der Waals surface area contributed by atoms with E-state index in [-0.39, 0.29) is 11.8 Å². The van der Waals surface area contributed by atoms with E-state index >= 15 is 0 Å². The van der Waals surface area contributed by atoms with Gasteiger partial charge < -0.3 is 0 Å². The minimum Gasteiger partial charge on any atom is -0.295 e. The summed E-state index contributed by atoms with van der Waals surface area (Å²) in [5.74, 6) is 0.717. The van der Waals surface area contributed by atoms with Crippen molar-refractivity contribution in [3.8, 4) is 11.3 Å². The van der Waals surface area contributed by atoms with Crippen LogP contribution in [0.4, 0.5) is 11.5 Å². The van der Waals surface area contributed by atoms with Gasteiger partial charge in [-0.3, -0.25) is 19.8 Å². The van der Waals surface area contributed by atoms with Crippen LogP contribution in [0.3, 0.4) is 0 Å². The Kier molecular flexibility index (Phi) is 4.20. The molecule has 1 fully saturated rings. The van der Waals surface area contributed by atoms with Crippen LogP contribution in [0.2, 0.25) is 0 Å². The molecule has 2 aromatic heterocycles. The third kappa shape index (κ3) is 3.07. The lowest BCUT2D eigenvalue weighted by atomic mass is 9.98. The summed E-state index contributed by atoms with van der Waals surface area (Å²) in [5.41, 5.74) is 3.56. The first-order valence-corrected chi connectivity index (χ1v) is 8.48. The van der Waals surface area contributed by atoms with Crippen LogP contribution in [0, 0.1) is 12.5 Å². The van der Waals surface area contributed by atoms with Gasteiger partial charge in [0.1, 0.15) is 0 Å². The summed E-state index contributed by atoms with van der Waals surface area (Å²) in [7, 11) is 0. The SMILES string of the molecule is [C-]#[N+]c1ccc(CC2CCN(c3cc(-c4ccncc4)[nH]n3)C2=O)cc1. The van der Waals surface area contributed by atoms with E-state index in [2.05, 4.69) is 20.0 Å². The molecule has 0 bridgehead atoms. The Morgan fingerprint density at radius 2 is 1.96 bits per heavy atom. The smallest absolute Gasteiger partial charge is 0.231 e. The zero-order valence-corrected chi connectivity index (χ0v) is 14.1. The minimum atomic E-state index is -0.0464. The number of H-pyrrole nitrogens is 1. The van der Waals surface area contributed by atoms with Crippen molar-refractivity contribution in [3.05, 3.63) is 71.8 Å². The highest BCUT2D eigenvalue weighted by Crippen LogP contribution is 2.29. The first-order valence-electron chi connectivity index (χ1n) is 8.48. The summed E-state index contributed by atoms with van der Waals surface area (Å²) >= 11 is 0. The van der Waals surface area contributed by atoms with Crippen molar-refractivity contribution in [1.82, 2.24) is 15.2 Å². The fourth-order valence-electron chi connectivity index (χ4n) is 3.28. The Hall–Kier alpha value is -3.46. The molecule has 4 rings (SSSR count). The van der Waals surface area contributed by atoms with E-state index in [9.17, 15) is 4.79 Å². The van der Waals surface area contributed by atoms with Gasteiger partial charge in [0.15, 0.2) is 11.5 Å². The maximum Gasteiger partial charge on any atom is 0.231 e. The van der Waals surface area contributed by atoms with Crippen LogP contribution >= 0.6 is 0 Å². The van der Waals surface area contributed by atoms with E-state index < -0.39 is 0 Å². The molecule has 1 saturated heterocycles. The number of aromatic nitrogens is 3. The highest BCUT2D eigenvalue weighted by atomic mass is 16.2. The molecule has 1 aliphatic heterocycles. The van der Waals surface area contributed by atoms with Gasteiger partial charge in [-0.2, -0.15) is 5.10 Å². The fraction of sp³-hybridized carbons (Fsp3) is 0.200. The van der Waals surface area contributed by atoms with Gasteiger partial charge in [0.05, 0.1) is 12.3 Å². The van der Waals surface area contributed by atoms with Gasteiger partial charge in [0.25, 0.3) is 0 Å². The van der Waals surface area contributed by atoms with Gasteiger partial charge in [-0.15, -0.1) is 0 Å². The van der Waals surface area contributed by atoms with Gasteiger partial charge >= 0.3 is 0 Å².